The molecular weight excluding hydrogens is 344 g/mol. The number of allylic oxidation sites excluding steroid dienone is 2. The van der Waals surface area contributed by atoms with Gasteiger partial charge in [0.05, 0.1) is 23.4 Å². The molecule has 1 aromatic rings. The zero-order valence-corrected chi connectivity index (χ0v) is 16.0. The van der Waals surface area contributed by atoms with E-state index in [0.29, 0.717) is 67.0 Å². The van der Waals surface area contributed by atoms with Crippen LogP contribution in [0.5, 0.6) is 0 Å². The Morgan fingerprint density at radius 3 is 2.81 bits per heavy atom. The van der Waals surface area contributed by atoms with E-state index in [1.807, 2.05) is 13.8 Å². The van der Waals surface area contributed by atoms with E-state index in [1.165, 1.54) is 0 Å². The smallest absolute Gasteiger partial charge is 0.168 e. The average molecular weight is 370 g/mol. The van der Waals surface area contributed by atoms with Crippen LogP contribution in [0, 0.1) is 5.41 Å². The molecule has 27 heavy (non-hydrogen) atoms. The lowest BCUT2D eigenvalue weighted by Gasteiger charge is -2.26. The number of Topliss-reactive ketones (excluding diaryl/α,β-unsaturated/α-hetero) is 2. The van der Waals surface area contributed by atoms with Gasteiger partial charge in [-0.2, -0.15) is 0 Å². The fourth-order valence-corrected chi connectivity index (χ4v) is 3.84. The first-order valence-corrected chi connectivity index (χ1v) is 9.43. The maximum atomic E-state index is 12.5. The predicted molar refractivity (Wildman–Crippen MR) is 102 cm³/mol. The highest BCUT2D eigenvalue weighted by molar-refractivity contribution is 6.24. The zero-order chi connectivity index (χ0) is 19.6. The topological polar surface area (TPSA) is 92.8 Å². The molecule has 1 aromatic heterocycles. The summed E-state index contributed by atoms with van der Waals surface area (Å²) in [5, 5.41) is 14.6. The summed E-state index contributed by atoms with van der Waals surface area (Å²) in [5.41, 5.74) is 1.96. The van der Waals surface area contributed by atoms with Crippen LogP contribution in [0.15, 0.2) is 33.5 Å². The minimum absolute atomic E-state index is 0.0165. The van der Waals surface area contributed by atoms with Crippen LogP contribution < -0.4 is 0 Å². The van der Waals surface area contributed by atoms with Crippen LogP contribution in [0.1, 0.15) is 67.8 Å². The molecule has 1 heterocycles. The Hall–Kier alpha value is -2.50. The number of hydrogen-bond donors (Lipinski definition) is 1. The van der Waals surface area contributed by atoms with Crippen LogP contribution in [0.25, 0.3) is 0 Å². The molecule has 3 rings (SSSR count). The van der Waals surface area contributed by atoms with Gasteiger partial charge in [0, 0.05) is 37.8 Å². The van der Waals surface area contributed by atoms with Gasteiger partial charge in [-0.3, -0.25) is 14.6 Å². The molecule has 0 amide bonds. The van der Waals surface area contributed by atoms with Gasteiger partial charge in [-0.25, -0.2) is 0 Å². The number of aromatic nitrogens is 1. The summed E-state index contributed by atoms with van der Waals surface area (Å²) in [5.74, 6) is 0.594. The number of fused-ring (bicyclic) bond motifs is 1. The van der Waals surface area contributed by atoms with E-state index in [0.717, 1.165) is 6.42 Å². The Morgan fingerprint density at radius 2 is 2.07 bits per heavy atom. The van der Waals surface area contributed by atoms with Crippen LogP contribution in [-0.4, -0.2) is 34.1 Å². The summed E-state index contributed by atoms with van der Waals surface area (Å²) in [7, 11) is 0. The number of ketones is 2. The van der Waals surface area contributed by atoms with Gasteiger partial charge in [0.1, 0.15) is 11.5 Å². The van der Waals surface area contributed by atoms with Crippen molar-refractivity contribution in [1.82, 2.24) is 5.16 Å². The monoisotopic (exact) mass is 370 g/mol. The summed E-state index contributed by atoms with van der Waals surface area (Å²) in [6, 6.07) is 0. The molecule has 0 spiro atoms. The first-order chi connectivity index (χ1) is 12.8. The molecular formula is C21H26N2O4. The third-order valence-electron chi connectivity index (χ3n) is 5.07. The molecule has 1 fully saturated rings. The first kappa shape index (κ1) is 19.3. The second-order valence-corrected chi connectivity index (χ2v) is 8.04. The van der Waals surface area contributed by atoms with Crippen LogP contribution in [0.2, 0.25) is 0 Å². The molecule has 2 aliphatic carbocycles. The largest absolute Gasteiger partial charge is 0.511 e. The lowest BCUT2D eigenvalue weighted by molar-refractivity contribution is -0.115. The van der Waals surface area contributed by atoms with Crippen LogP contribution in [0.4, 0.5) is 0 Å². The number of hydrogen-bond acceptors (Lipinski definition) is 6. The normalized spacial score (nSPS) is 22.7. The Balaban J connectivity index is 1.81. The van der Waals surface area contributed by atoms with E-state index in [-0.39, 0.29) is 29.2 Å². The quantitative estimate of drug-likeness (QED) is 0.481. The molecule has 0 aromatic carbocycles. The van der Waals surface area contributed by atoms with Crippen LogP contribution >= 0.6 is 0 Å². The number of aryl methyl sites for hydroxylation is 1. The fraction of sp³-hybridized carbons (Fsp3) is 0.524. The number of aliphatic hydroxyl groups excluding tert-OH is 1. The molecule has 6 heteroatoms. The van der Waals surface area contributed by atoms with E-state index in [2.05, 4.69) is 16.7 Å². The molecule has 0 unspecified atom stereocenters. The summed E-state index contributed by atoms with van der Waals surface area (Å²) in [6.45, 7) is 8.12. The zero-order valence-electron chi connectivity index (χ0n) is 16.0. The molecule has 1 N–H and O–H groups in total. The standard InChI is InChI=1S/C21H26N2O4/c1-4-10-22-13-6-5-7-15(24)19(13)16(25)9-8-14-20-17(26)11-21(2,3)12-18(20)27-23-14/h4,25H,1,5-12H2,2-3H3. The van der Waals surface area contributed by atoms with Gasteiger partial charge in [-0.05, 0) is 18.3 Å². The molecule has 144 valence electrons. The van der Waals surface area contributed by atoms with E-state index < -0.39 is 0 Å². The van der Waals surface area contributed by atoms with Crippen molar-refractivity contribution >= 4 is 17.3 Å². The molecule has 0 bridgehead atoms. The van der Waals surface area contributed by atoms with Crippen molar-refractivity contribution in [2.45, 2.75) is 58.8 Å². The second-order valence-electron chi connectivity index (χ2n) is 8.04. The number of carbonyl (C=O) groups is 2. The van der Waals surface area contributed by atoms with Gasteiger partial charge in [0.2, 0.25) is 0 Å². The van der Waals surface area contributed by atoms with Gasteiger partial charge in [-0.15, -0.1) is 6.58 Å². The van der Waals surface area contributed by atoms with Crippen molar-refractivity contribution in [3.05, 3.63) is 41.0 Å². The highest BCUT2D eigenvalue weighted by Crippen LogP contribution is 2.36. The van der Waals surface area contributed by atoms with Crippen molar-refractivity contribution in [2.75, 3.05) is 6.54 Å². The SMILES string of the molecule is C=CCN=C1CCCC(=O)C1=C(O)CCc1noc2c1C(=O)CC(C)(C)C2. The van der Waals surface area contributed by atoms with Crippen molar-refractivity contribution in [2.24, 2.45) is 10.4 Å². The molecule has 0 aliphatic heterocycles. The summed E-state index contributed by atoms with van der Waals surface area (Å²) >= 11 is 0. The summed E-state index contributed by atoms with van der Waals surface area (Å²) < 4.78 is 5.40. The molecule has 0 atom stereocenters. The van der Waals surface area contributed by atoms with Crippen LogP contribution in [0.3, 0.4) is 0 Å². The van der Waals surface area contributed by atoms with Crippen molar-refractivity contribution < 1.29 is 19.2 Å². The maximum Gasteiger partial charge on any atom is 0.168 e. The Morgan fingerprint density at radius 1 is 1.30 bits per heavy atom. The maximum absolute atomic E-state index is 12.5. The number of aliphatic imine (C=N–C) groups is 1. The Bertz CT molecular complexity index is 842. The highest BCUT2D eigenvalue weighted by Gasteiger charge is 2.36. The first-order valence-electron chi connectivity index (χ1n) is 9.43. The van der Waals surface area contributed by atoms with Crippen LogP contribution in [-0.2, 0) is 17.6 Å². The van der Waals surface area contributed by atoms with Gasteiger partial charge in [0.25, 0.3) is 0 Å². The third-order valence-corrected chi connectivity index (χ3v) is 5.07. The van der Waals surface area contributed by atoms with Crippen molar-refractivity contribution in [1.29, 1.82) is 0 Å². The average Bonchev–Trinajstić information content (AvgIpc) is 2.99. The predicted octanol–water partition coefficient (Wildman–Crippen LogP) is 3.95. The lowest BCUT2D eigenvalue weighted by atomic mass is 9.76. The van der Waals surface area contributed by atoms with E-state index in [1.54, 1.807) is 6.08 Å². The molecule has 1 saturated carbocycles. The Labute approximate surface area is 159 Å². The summed E-state index contributed by atoms with van der Waals surface area (Å²) in [6.07, 6.45) is 5.20. The molecule has 0 saturated heterocycles. The van der Waals surface area contributed by atoms with Gasteiger partial charge < -0.3 is 9.63 Å². The minimum atomic E-state index is -0.129. The fourth-order valence-electron chi connectivity index (χ4n) is 3.84. The second kappa shape index (κ2) is 7.62. The number of carbonyl (C=O) groups excluding carboxylic acids is 2. The molecule has 6 nitrogen and oxygen atoms in total. The number of rotatable bonds is 5. The van der Waals surface area contributed by atoms with Gasteiger partial charge >= 0.3 is 0 Å². The van der Waals surface area contributed by atoms with Crippen molar-refractivity contribution in [3.8, 4) is 0 Å². The Kier molecular flexibility index (Phi) is 5.44. The van der Waals surface area contributed by atoms with E-state index >= 15 is 0 Å². The van der Waals surface area contributed by atoms with Gasteiger partial charge in [-0.1, -0.05) is 25.1 Å². The van der Waals surface area contributed by atoms with Crippen molar-refractivity contribution in [3.63, 3.8) is 0 Å². The number of aliphatic hydroxyl groups is 1. The third kappa shape index (κ3) is 4.10. The molecule has 0 radical (unpaired) electrons. The number of nitrogens with zero attached hydrogens (tertiary/aromatic N) is 2. The van der Waals surface area contributed by atoms with Gasteiger partial charge in [0.15, 0.2) is 11.6 Å². The van der Waals surface area contributed by atoms with E-state index in [9.17, 15) is 14.7 Å². The molecule has 2 aliphatic rings. The van der Waals surface area contributed by atoms with E-state index in [4.69, 9.17) is 4.52 Å². The lowest BCUT2D eigenvalue weighted by Crippen LogP contribution is -2.26. The minimum Gasteiger partial charge on any atom is -0.511 e. The highest BCUT2D eigenvalue weighted by atomic mass is 16.5. The summed E-state index contributed by atoms with van der Waals surface area (Å²) in [4.78, 5) is 29.2.